The average Bonchev–Trinajstić information content (AvgIpc) is 3.18. The highest BCUT2D eigenvalue weighted by atomic mass is 19.1. The van der Waals surface area contributed by atoms with Gasteiger partial charge in [-0.1, -0.05) is 6.07 Å². The van der Waals surface area contributed by atoms with Gasteiger partial charge in [-0.05, 0) is 54.8 Å². The van der Waals surface area contributed by atoms with Crippen LogP contribution in [-0.2, 0) is 13.0 Å². The first-order chi connectivity index (χ1) is 15.1. The molecule has 1 heterocycles. The van der Waals surface area contributed by atoms with E-state index in [0.717, 1.165) is 35.0 Å². The Morgan fingerprint density at radius 1 is 1.16 bits per heavy atom. The van der Waals surface area contributed by atoms with Gasteiger partial charge in [-0.15, -0.1) is 0 Å². The highest BCUT2D eigenvalue weighted by Crippen LogP contribution is 2.28. The van der Waals surface area contributed by atoms with Gasteiger partial charge >= 0.3 is 0 Å². The summed E-state index contributed by atoms with van der Waals surface area (Å²) < 4.78 is 24.2. The van der Waals surface area contributed by atoms with Gasteiger partial charge < -0.3 is 30.2 Å². The van der Waals surface area contributed by atoms with E-state index >= 15 is 0 Å². The lowest BCUT2D eigenvalue weighted by atomic mass is 10.1. The molecular weight excluding hydrogens is 399 g/mol. The number of fused-ring (bicyclic) bond motifs is 1. The number of nitrogens with zero attached hydrogens (tertiary/aromatic N) is 1. The Bertz CT molecular complexity index is 1020. The number of ether oxygens (including phenoxy) is 2. The van der Waals surface area contributed by atoms with Crippen LogP contribution < -0.4 is 20.1 Å². The second-order valence-corrected chi connectivity index (χ2v) is 6.93. The van der Waals surface area contributed by atoms with E-state index in [9.17, 15) is 4.39 Å². The SMILES string of the molecule is CCNC(=NCc1ccc(OCCO)c(OC)c1)NCCc1c[nH]c2cc(F)ccc12. The van der Waals surface area contributed by atoms with Crippen molar-refractivity contribution in [2.24, 2.45) is 4.99 Å². The first-order valence-corrected chi connectivity index (χ1v) is 10.3. The van der Waals surface area contributed by atoms with E-state index in [1.807, 2.05) is 31.3 Å². The van der Waals surface area contributed by atoms with Crippen molar-refractivity contribution in [1.82, 2.24) is 15.6 Å². The van der Waals surface area contributed by atoms with Gasteiger partial charge in [-0.25, -0.2) is 9.38 Å². The van der Waals surface area contributed by atoms with E-state index in [2.05, 4.69) is 20.6 Å². The zero-order chi connectivity index (χ0) is 22.1. The lowest BCUT2D eigenvalue weighted by Crippen LogP contribution is -2.38. The van der Waals surface area contributed by atoms with Gasteiger partial charge in [0.05, 0.1) is 20.3 Å². The third-order valence-electron chi connectivity index (χ3n) is 4.76. The molecule has 0 unspecified atom stereocenters. The molecule has 0 fully saturated rings. The van der Waals surface area contributed by atoms with Crippen LogP contribution in [0.1, 0.15) is 18.1 Å². The summed E-state index contributed by atoms with van der Waals surface area (Å²) in [6, 6.07) is 10.4. The molecule has 8 heteroatoms. The Morgan fingerprint density at radius 3 is 2.81 bits per heavy atom. The lowest BCUT2D eigenvalue weighted by Gasteiger charge is -2.13. The minimum absolute atomic E-state index is 0.0532. The Labute approximate surface area is 181 Å². The van der Waals surface area contributed by atoms with Crippen molar-refractivity contribution in [2.45, 2.75) is 19.9 Å². The number of rotatable bonds is 10. The Kier molecular flexibility index (Phi) is 8.12. The smallest absolute Gasteiger partial charge is 0.191 e. The summed E-state index contributed by atoms with van der Waals surface area (Å²) in [7, 11) is 1.58. The van der Waals surface area contributed by atoms with Gasteiger partial charge in [0.15, 0.2) is 17.5 Å². The number of guanidine groups is 1. The Hall–Kier alpha value is -3.26. The van der Waals surface area contributed by atoms with Crippen LogP contribution in [0.15, 0.2) is 47.6 Å². The number of aliphatic imine (C=N–C) groups is 1. The van der Waals surface area contributed by atoms with Crippen molar-refractivity contribution in [1.29, 1.82) is 0 Å². The monoisotopic (exact) mass is 428 g/mol. The van der Waals surface area contributed by atoms with Crippen molar-refractivity contribution < 1.29 is 19.0 Å². The molecule has 0 aliphatic rings. The zero-order valence-corrected chi connectivity index (χ0v) is 17.9. The van der Waals surface area contributed by atoms with E-state index in [1.54, 1.807) is 13.2 Å². The largest absolute Gasteiger partial charge is 0.493 e. The zero-order valence-electron chi connectivity index (χ0n) is 17.9. The fourth-order valence-electron chi connectivity index (χ4n) is 3.28. The quantitative estimate of drug-likeness (QED) is 0.294. The molecule has 0 saturated heterocycles. The summed E-state index contributed by atoms with van der Waals surface area (Å²) in [4.78, 5) is 7.76. The van der Waals surface area contributed by atoms with Crippen molar-refractivity contribution in [3.63, 3.8) is 0 Å². The predicted octanol–water partition coefficient (Wildman–Crippen LogP) is 2.98. The molecular formula is C23H29FN4O3. The number of aromatic amines is 1. The molecule has 1 aromatic heterocycles. The highest BCUT2D eigenvalue weighted by molar-refractivity contribution is 5.83. The van der Waals surface area contributed by atoms with Crippen LogP contribution in [0.3, 0.4) is 0 Å². The molecule has 0 bridgehead atoms. The number of methoxy groups -OCH3 is 1. The second kappa shape index (κ2) is 11.2. The highest BCUT2D eigenvalue weighted by Gasteiger charge is 2.07. The first-order valence-electron chi connectivity index (χ1n) is 10.3. The fraction of sp³-hybridized carbons (Fsp3) is 0.348. The van der Waals surface area contributed by atoms with Crippen LogP contribution >= 0.6 is 0 Å². The Morgan fingerprint density at radius 2 is 2.03 bits per heavy atom. The van der Waals surface area contributed by atoms with Gasteiger partial charge in [0.2, 0.25) is 0 Å². The number of H-pyrrole nitrogens is 1. The first kappa shape index (κ1) is 22.4. The number of benzene rings is 2. The maximum Gasteiger partial charge on any atom is 0.191 e. The molecule has 0 atom stereocenters. The van der Waals surface area contributed by atoms with Crippen molar-refractivity contribution in [3.8, 4) is 11.5 Å². The fourth-order valence-corrected chi connectivity index (χ4v) is 3.28. The Balaban J connectivity index is 1.60. The molecule has 3 rings (SSSR count). The van der Waals surface area contributed by atoms with Crippen LogP contribution in [0.2, 0.25) is 0 Å². The van der Waals surface area contributed by atoms with Crippen LogP contribution in [-0.4, -0.2) is 49.5 Å². The van der Waals surface area contributed by atoms with Gasteiger partial charge in [-0.2, -0.15) is 0 Å². The summed E-state index contributed by atoms with van der Waals surface area (Å²) in [5.74, 6) is 1.67. The minimum Gasteiger partial charge on any atom is -0.493 e. The van der Waals surface area contributed by atoms with Crippen molar-refractivity contribution in [2.75, 3.05) is 33.4 Å². The summed E-state index contributed by atoms with van der Waals surface area (Å²) in [6.45, 7) is 4.08. The molecule has 31 heavy (non-hydrogen) atoms. The molecule has 0 aliphatic heterocycles. The molecule has 0 spiro atoms. The third kappa shape index (κ3) is 6.11. The van der Waals surface area contributed by atoms with E-state index in [4.69, 9.17) is 14.6 Å². The maximum atomic E-state index is 13.4. The van der Waals surface area contributed by atoms with E-state index in [0.29, 0.717) is 30.5 Å². The third-order valence-corrected chi connectivity index (χ3v) is 4.76. The summed E-state index contributed by atoms with van der Waals surface area (Å²) >= 11 is 0. The van der Waals surface area contributed by atoms with Crippen LogP contribution in [0.5, 0.6) is 11.5 Å². The predicted molar refractivity (Wildman–Crippen MR) is 120 cm³/mol. The average molecular weight is 429 g/mol. The van der Waals surface area contributed by atoms with Crippen molar-refractivity contribution >= 4 is 16.9 Å². The molecule has 0 saturated carbocycles. The minimum atomic E-state index is -0.245. The normalized spacial score (nSPS) is 11.5. The van der Waals surface area contributed by atoms with Gasteiger partial charge in [0, 0.05) is 30.2 Å². The number of aliphatic hydroxyl groups is 1. The topological polar surface area (TPSA) is 90.9 Å². The number of hydrogen-bond acceptors (Lipinski definition) is 4. The number of hydrogen-bond donors (Lipinski definition) is 4. The number of aromatic nitrogens is 1. The molecule has 7 nitrogen and oxygen atoms in total. The molecule has 4 N–H and O–H groups in total. The van der Waals surface area contributed by atoms with E-state index in [-0.39, 0.29) is 19.0 Å². The summed E-state index contributed by atoms with van der Waals surface area (Å²) in [5.41, 5.74) is 2.90. The number of aliphatic hydroxyl groups excluding tert-OH is 1. The molecule has 166 valence electrons. The molecule has 0 radical (unpaired) electrons. The number of halogens is 1. The standard InChI is InChI=1S/C23H29FN4O3/c1-3-25-23(26-9-8-17-15-27-20-13-18(24)5-6-19(17)20)28-14-16-4-7-21(31-11-10-29)22(12-16)30-2/h4-7,12-13,15,27,29H,3,8-11,14H2,1-2H3,(H2,25,26,28). The summed E-state index contributed by atoms with van der Waals surface area (Å²) in [5, 5.41) is 16.5. The van der Waals surface area contributed by atoms with Crippen molar-refractivity contribution in [3.05, 3.63) is 59.5 Å². The van der Waals surface area contributed by atoms with Gasteiger partial charge in [0.1, 0.15) is 12.4 Å². The van der Waals surface area contributed by atoms with Crippen LogP contribution in [0, 0.1) is 5.82 Å². The summed E-state index contributed by atoms with van der Waals surface area (Å²) in [6.07, 6.45) is 2.70. The number of nitrogens with one attached hydrogen (secondary N) is 3. The van der Waals surface area contributed by atoms with Crippen LogP contribution in [0.4, 0.5) is 4.39 Å². The van der Waals surface area contributed by atoms with E-state index in [1.165, 1.54) is 12.1 Å². The van der Waals surface area contributed by atoms with Gasteiger partial charge in [-0.3, -0.25) is 0 Å². The molecule has 3 aromatic rings. The molecule has 0 amide bonds. The van der Waals surface area contributed by atoms with E-state index < -0.39 is 0 Å². The molecule has 0 aliphatic carbocycles. The van der Waals surface area contributed by atoms with Crippen LogP contribution in [0.25, 0.3) is 10.9 Å². The second-order valence-electron chi connectivity index (χ2n) is 6.93. The molecule has 2 aromatic carbocycles. The van der Waals surface area contributed by atoms with Gasteiger partial charge in [0.25, 0.3) is 0 Å². The lowest BCUT2D eigenvalue weighted by molar-refractivity contribution is 0.196. The maximum absolute atomic E-state index is 13.4.